The van der Waals surface area contributed by atoms with E-state index in [1.54, 1.807) is 6.07 Å². The third kappa shape index (κ3) is 2.95. The molecule has 1 aliphatic heterocycles. The molecular formula is C16H19N5O. The zero-order chi connectivity index (χ0) is 15.5. The number of piperazine rings is 1. The van der Waals surface area contributed by atoms with Crippen molar-refractivity contribution in [3.8, 4) is 0 Å². The Balaban J connectivity index is 1.67. The number of hydrogen-bond acceptors (Lipinski definition) is 5. The molecule has 2 heterocycles. The molecule has 22 heavy (non-hydrogen) atoms. The Morgan fingerprint density at radius 1 is 0.955 bits per heavy atom. The van der Waals surface area contributed by atoms with Crippen LogP contribution in [-0.4, -0.2) is 37.1 Å². The van der Waals surface area contributed by atoms with E-state index in [0.717, 1.165) is 37.7 Å². The summed E-state index contributed by atoms with van der Waals surface area (Å²) in [5.74, 6) is 0.301. The van der Waals surface area contributed by atoms with Gasteiger partial charge in [0.2, 0.25) is 0 Å². The molecule has 0 aliphatic carbocycles. The van der Waals surface area contributed by atoms with Crippen LogP contribution < -0.4 is 21.3 Å². The summed E-state index contributed by atoms with van der Waals surface area (Å²) in [6.45, 7) is 3.48. The van der Waals surface area contributed by atoms with E-state index >= 15 is 0 Å². The fraction of sp³-hybridized carbons (Fsp3) is 0.250. The Hall–Kier alpha value is -2.76. The maximum Gasteiger partial charge on any atom is 0.267 e. The Labute approximate surface area is 129 Å². The normalized spacial score (nSPS) is 14.9. The van der Waals surface area contributed by atoms with Gasteiger partial charge in [-0.1, -0.05) is 6.07 Å². The molecule has 1 aromatic carbocycles. The molecule has 0 unspecified atom stereocenters. The van der Waals surface area contributed by atoms with Crippen LogP contribution in [0.3, 0.4) is 0 Å². The lowest BCUT2D eigenvalue weighted by atomic mass is 10.2. The number of amides is 1. The van der Waals surface area contributed by atoms with Gasteiger partial charge in [0, 0.05) is 37.6 Å². The maximum absolute atomic E-state index is 11.2. The van der Waals surface area contributed by atoms with E-state index in [9.17, 15) is 4.79 Å². The van der Waals surface area contributed by atoms with Gasteiger partial charge in [-0.05, 0) is 36.4 Å². The van der Waals surface area contributed by atoms with Gasteiger partial charge in [0.1, 0.15) is 11.5 Å². The van der Waals surface area contributed by atoms with E-state index in [2.05, 4.69) is 14.8 Å². The minimum absolute atomic E-state index is 0.304. The van der Waals surface area contributed by atoms with Crippen molar-refractivity contribution >= 4 is 23.1 Å². The van der Waals surface area contributed by atoms with Crippen molar-refractivity contribution in [3.63, 3.8) is 0 Å². The summed E-state index contributed by atoms with van der Waals surface area (Å²) in [5, 5.41) is 0. The zero-order valence-electron chi connectivity index (χ0n) is 12.3. The number of primary amides is 1. The van der Waals surface area contributed by atoms with Crippen LogP contribution in [0.1, 0.15) is 10.5 Å². The van der Waals surface area contributed by atoms with Gasteiger partial charge in [-0.2, -0.15) is 0 Å². The third-order valence-electron chi connectivity index (χ3n) is 3.85. The van der Waals surface area contributed by atoms with Crippen LogP contribution in [0, 0.1) is 0 Å². The second-order valence-corrected chi connectivity index (χ2v) is 5.31. The number of carbonyl (C=O) groups excluding carboxylic acids is 1. The molecule has 3 rings (SSSR count). The first kappa shape index (κ1) is 14.2. The van der Waals surface area contributed by atoms with Crippen molar-refractivity contribution in [2.45, 2.75) is 0 Å². The Morgan fingerprint density at radius 3 is 2.23 bits per heavy atom. The second-order valence-electron chi connectivity index (χ2n) is 5.31. The van der Waals surface area contributed by atoms with Crippen LogP contribution >= 0.6 is 0 Å². The third-order valence-corrected chi connectivity index (χ3v) is 3.85. The van der Waals surface area contributed by atoms with Gasteiger partial charge >= 0.3 is 0 Å². The highest BCUT2D eigenvalue weighted by Gasteiger charge is 2.18. The number of benzene rings is 1. The molecule has 0 spiro atoms. The molecule has 1 aliphatic rings. The summed E-state index contributed by atoms with van der Waals surface area (Å²) in [4.78, 5) is 20.0. The van der Waals surface area contributed by atoms with Crippen LogP contribution in [0.25, 0.3) is 0 Å². The molecule has 2 aromatic rings. The molecule has 0 saturated carbocycles. The molecule has 1 amide bonds. The van der Waals surface area contributed by atoms with Crippen LogP contribution in [0.5, 0.6) is 0 Å². The first-order chi connectivity index (χ1) is 10.6. The van der Waals surface area contributed by atoms with E-state index in [1.807, 2.05) is 36.4 Å². The van der Waals surface area contributed by atoms with Crippen molar-refractivity contribution in [1.29, 1.82) is 0 Å². The van der Waals surface area contributed by atoms with Crippen molar-refractivity contribution in [2.75, 3.05) is 41.7 Å². The average molecular weight is 297 g/mol. The van der Waals surface area contributed by atoms with E-state index in [4.69, 9.17) is 11.5 Å². The number of nitrogen functional groups attached to an aromatic ring is 1. The van der Waals surface area contributed by atoms with Crippen LogP contribution in [0.4, 0.5) is 17.2 Å². The summed E-state index contributed by atoms with van der Waals surface area (Å²) in [6.07, 6.45) is 0. The minimum atomic E-state index is -0.498. The van der Waals surface area contributed by atoms with Crippen LogP contribution in [0.15, 0.2) is 42.5 Å². The molecule has 1 fully saturated rings. The Kier molecular flexibility index (Phi) is 3.82. The van der Waals surface area contributed by atoms with Crippen molar-refractivity contribution in [3.05, 3.63) is 48.2 Å². The maximum atomic E-state index is 11.2. The highest BCUT2D eigenvalue weighted by atomic mass is 16.1. The SMILES string of the molecule is NC(=O)c1cccc(N2CCN(c3ccc(N)cc3)CC2)n1. The van der Waals surface area contributed by atoms with Gasteiger partial charge in [0.05, 0.1) is 0 Å². The lowest BCUT2D eigenvalue weighted by Gasteiger charge is -2.36. The quantitative estimate of drug-likeness (QED) is 0.828. The molecule has 0 atom stereocenters. The van der Waals surface area contributed by atoms with Crippen LogP contribution in [0.2, 0.25) is 0 Å². The Bertz CT molecular complexity index is 662. The van der Waals surface area contributed by atoms with Gasteiger partial charge in [0.25, 0.3) is 5.91 Å². The van der Waals surface area contributed by atoms with E-state index < -0.39 is 5.91 Å². The largest absolute Gasteiger partial charge is 0.399 e. The highest BCUT2D eigenvalue weighted by Crippen LogP contribution is 2.20. The van der Waals surface area contributed by atoms with Gasteiger partial charge < -0.3 is 21.3 Å². The van der Waals surface area contributed by atoms with Crippen molar-refractivity contribution in [2.24, 2.45) is 5.73 Å². The molecule has 4 N–H and O–H groups in total. The van der Waals surface area contributed by atoms with Crippen molar-refractivity contribution in [1.82, 2.24) is 4.98 Å². The number of anilines is 3. The molecule has 6 nitrogen and oxygen atoms in total. The summed E-state index contributed by atoms with van der Waals surface area (Å²) >= 11 is 0. The first-order valence-corrected chi connectivity index (χ1v) is 7.26. The molecule has 1 saturated heterocycles. The molecule has 0 radical (unpaired) electrons. The number of hydrogen-bond donors (Lipinski definition) is 2. The van der Waals surface area contributed by atoms with Gasteiger partial charge in [-0.15, -0.1) is 0 Å². The van der Waals surface area contributed by atoms with E-state index in [1.165, 1.54) is 5.69 Å². The predicted octanol–water partition coefficient (Wildman–Crippen LogP) is 1.09. The molecule has 1 aromatic heterocycles. The predicted molar refractivity (Wildman–Crippen MR) is 88.0 cm³/mol. The molecule has 6 heteroatoms. The molecule has 114 valence electrons. The highest BCUT2D eigenvalue weighted by molar-refractivity contribution is 5.91. The van der Waals surface area contributed by atoms with E-state index in [-0.39, 0.29) is 0 Å². The standard InChI is InChI=1S/C16H19N5O/c17-12-4-6-13(7-5-12)20-8-10-21(11-9-20)15-3-1-2-14(19-15)16(18)22/h1-7H,8-11,17H2,(H2,18,22). The monoisotopic (exact) mass is 297 g/mol. The number of rotatable bonds is 3. The van der Waals surface area contributed by atoms with Gasteiger partial charge in [-0.3, -0.25) is 4.79 Å². The van der Waals surface area contributed by atoms with Gasteiger partial charge in [0.15, 0.2) is 0 Å². The first-order valence-electron chi connectivity index (χ1n) is 7.26. The lowest BCUT2D eigenvalue weighted by molar-refractivity contribution is 0.0995. The smallest absolute Gasteiger partial charge is 0.267 e. The van der Waals surface area contributed by atoms with Crippen LogP contribution in [-0.2, 0) is 0 Å². The number of carbonyl (C=O) groups is 1. The fourth-order valence-corrected chi connectivity index (χ4v) is 2.62. The van der Waals surface area contributed by atoms with E-state index in [0.29, 0.717) is 5.69 Å². The molecular weight excluding hydrogens is 278 g/mol. The average Bonchev–Trinajstić information content (AvgIpc) is 2.56. The second kappa shape index (κ2) is 5.93. The Morgan fingerprint density at radius 2 is 1.59 bits per heavy atom. The summed E-state index contributed by atoms with van der Waals surface area (Å²) in [5.41, 5.74) is 13.3. The number of aromatic nitrogens is 1. The number of nitrogens with zero attached hydrogens (tertiary/aromatic N) is 3. The number of nitrogens with two attached hydrogens (primary N) is 2. The zero-order valence-corrected chi connectivity index (χ0v) is 12.3. The minimum Gasteiger partial charge on any atom is -0.399 e. The van der Waals surface area contributed by atoms with Gasteiger partial charge in [-0.25, -0.2) is 4.98 Å². The van der Waals surface area contributed by atoms with Crippen molar-refractivity contribution < 1.29 is 4.79 Å². The fourth-order valence-electron chi connectivity index (χ4n) is 2.62. The molecule has 0 bridgehead atoms. The summed E-state index contributed by atoms with van der Waals surface area (Å²) < 4.78 is 0. The topological polar surface area (TPSA) is 88.5 Å². The lowest BCUT2D eigenvalue weighted by Crippen LogP contribution is -2.46. The number of pyridine rings is 1. The summed E-state index contributed by atoms with van der Waals surface area (Å²) in [6, 6.07) is 13.3. The summed E-state index contributed by atoms with van der Waals surface area (Å²) in [7, 11) is 0.